The summed E-state index contributed by atoms with van der Waals surface area (Å²) in [6, 6.07) is 5.76. The Morgan fingerprint density at radius 2 is 1.76 bits per heavy atom. The SMILES string of the molecule is O=C(O)[C@@H]1[C@@H](C(=O)NCc2ccc(F)cc2)[C@H]2C=C[C@@H]1O2. The Bertz CT molecular complexity index is 598. The van der Waals surface area contributed by atoms with Gasteiger partial charge in [-0.1, -0.05) is 24.3 Å². The van der Waals surface area contributed by atoms with E-state index in [1.807, 2.05) is 0 Å². The van der Waals surface area contributed by atoms with Crippen molar-refractivity contribution in [3.8, 4) is 0 Å². The molecule has 3 rings (SSSR count). The fourth-order valence-corrected chi connectivity index (χ4v) is 2.82. The van der Waals surface area contributed by atoms with Crippen molar-refractivity contribution in [2.45, 2.75) is 18.8 Å². The van der Waals surface area contributed by atoms with Crippen LogP contribution in [0.5, 0.6) is 0 Å². The van der Waals surface area contributed by atoms with Crippen LogP contribution in [0.3, 0.4) is 0 Å². The lowest BCUT2D eigenvalue weighted by Crippen LogP contribution is -2.42. The third-order valence-electron chi connectivity index (χ3n) is 3.87. The van der Waals surface area contributed by atoms with Gasteiger partial charge in [0.1, 0.15) is 11.7 Å². The Kier molecular flexibility index (Phi) is 3.47. The third-order valence-corrected chi connectivity index (χ3v) is 3.87. The zero-order valence-electron chi connectivity index (χ0n) is 11.0. The van der Waals surface area contributed by atoms with Gasteiger partial charge in [0, 0.05) is 6.54 Å². The molecule has 0 saturated carbocycles. The van der Waals surface area contributed by atoms with Gasteiger partial charge in [-0.2, -0.15) is 0 Å². The Balaban J connectivity index is 1.66. The summed E-state index contributed by atoms with van der Waals surface area (Å²) in [5.41, 5.74) is 0.747. The maximum atomic E-state index is 12.8. The molecule has 5 nitrogen and oxygen atoms in total. The van der Waals surface area contributed by atoms with Gasteiger partial charge in [0.2, 0.25) is 5.91 Å². The average molecular weight is 291 g/mol. The van der Waals surface area contributed by atoms with Crippen LogP contribution in [-0.4, -0.2) is 29.2 Å². The van der Waals surface area contributed by atoms with Crippen LogP contribution in [0.1, 0.15) is 5.56 Å². The normalized spacial score (nSPS) is 29.6. The molecule has 1 amide bonds. The van der Waals surface area contributed by atoms with E-state index in [0.29, 0.717) is 0 Å². The average Bonchev–Trinajstić information content (AvgIpc) is 3.06. The number of rotatable bonds is 4. The summed E-state index contributed by atoms with van der Waals surface area (Å²) >= 11 is 0. The number of benzene rings is 1. The lowest BCUT2D eigenvalue weighted by Gasteiger charge is -2.21. The maximum Gasteiger partial charge on any atom is 0.310 e. The van der Waals surface area contributed by atoms with Gasteiger partial charge >= 0.3 is 5.97 Å². The summed E-state index contributed by atoms with van der Waals surface area (Å²) < 4.78 is 18.2. The standard InChI is InChI=1S/C15H14FNO4/c16-9-3-1-8(2-4-9)7-17-14(18)12-10-5-6-11(21-10)13(12)15(19)20/h1-6,10-13H,7H2,(H,17,18)(H,19,20)/t10-,11+,12+,13+/m1/s1. The number of halogens is 1. The van der Waals surface area contributed by atoms with Crippen molar-refractivity contribution in [1.82, 2.24) is 5.32 Å². The summed E-state index contributed by atoms with van der Waals surface area (Å²) in [7, 11) is 0. The van der Waals surface area contributed by atoms with E-state index in [9.17, 15) is 19.1 Å². The van der Waals surface area contributed by atoms with E-state index in [1.165, 1.54) is 12.1 Å². The molecule has 2 aliphatic rings. The van der Waals surface area contributed by atoms with E-state index in [0.717, 1.165) is 5.56 Å². The molecule has 1 aromatic carbocycles. The second kappa shape index (κ2) is 5.29. The van der Waals surface area contributed by atoms with Crippen LogP contribution < -0.4 is 5.32 Å². The highest BCUT2D eigenvalue weighted by Gasteiger charge is 2.53. The van der Waals surface area contributed by atoms with Crippen molar-refractivity contribution in [2.24, 2.45) is 11.8 Å². The minimum Gasteiger partial charge on any atom is -0.481 e. The number of fused-ring (bicyclic) bond motifs is 2. The van der Waals surface area contributed by atoms with Gasteiger partial charge in [0.15, 0.2) is 0 Å². The molecule has 21 heavy (non-hydrogen) atoms. The van der Waals surface area contributed by atoms with Crippen LogP contribution in [0.15, 0.2) is 36.4 Å². The lowest BCUT2D eigenvalue weighted by atomic mass is 9.82. The van der Waals surface area contributed by atoms with Crippen molar-refractivity contribution in [3.05, 3.63) is 47.8 Å². The van der Waals surface area contributed by atoms with Crippen molar-refractivity contribution in [3.63, 3.8) is 0 Å². The topological polar surface area (TPSA) is 75.6 Å². The van der Waals surface area contributed by atoms with Crippen LogP contribution >= 0.6 is 0 Å². The van der Waals surface area contributed by atoms with E-state index in [1.54, 1.807) is 24.3 Å². The molecule has 2 aliphatic heterocycles. The summed E-state index contributed by atoms with van der Waals surface area (Å²) in [6.07, 6.45) is 2.40. The number of hydrogen-bond donors (Lipinski definition) is 2. The van der Waals surface area contributed by atoms with E-state index in [-0.39, 0.29) is 18.3 Å². The first kappa shape index (κ1) is 13.8. The van der Waals surface area contributed by atoms with Crippen molar-refractivity contribution >= 4 is 11.9 Å². The fraction of sp³-hybridized carbons (Fsp3) is 0.333. The molecule has 1 aromatic rings. The second-order valence-corrected chi connectivity index (χ2v) is 5.18. The highest BCUT2D eigenvalue weighted by molar-refractivity contribution is 5.87. The quantitative estimate of drug-likeness (QED) is 0.814. The minimum absolute atomic E-state index is 0.225. The molecule has 0 unspecified atom stereocenters. The van der Waals surface area contributed by atoms with Crippen LogP contribution in [0, 0.1) is 17.7 Å². The molecule has 0 radical (unpaired) electrons. The number of carbonyl (C=O) groups is 2. The lowest BCUT2D eigenvalue weighted by molar-refractivity contribution is -0.146. The number of carboxylic acid groups (broad SMARTS) is 1. The second-order valence-electron chi connectivity index (χ2n) is 5.18. The Morgan fingerprint density at radius 1 is 1.14 bits per heavy atom. The number of nitrogens with one attached hydrogen (secondary N) is 1. The van der Waals surface area contributed by atoms with Crippen molar-refractivity contribution in [2.75, 3.05) is 0 Å². The monoisotopic (exact) mass is 291 g/mol. The molecule has 2 bridgehead atoms. The van der Waals surface area contributed by atoms with Gasteiger partial charge < -0.3 is 15.2 Å². The molecule has 4 atom stereocenters. The number of carboxylic acids is 1. The zero-order valence-corrected chi connectivity index (χ0v) is 11.0. The number of aliphatic carboxylic acids is 1. The van der Waals surface area contributed by atoms with E-state index in [2.05, 4.69) is 5.32 Å². The molecular formula is C15H14FNO4. The van der Waals surface area contributed by atoms with Gasteiger partial charge in [0.25, 0.3) is 0 Å². The van der Waals surface area contributed by atoms with Gasteiger partial charge in [0.05, 0.1) is 18.1 Å². The predicted molar refractivity (Wildman–Crippen MR) is 70.7 cm³/mol. The number of carbonyl (C=O) groups excluding carboxylic acids is 1. The van der Waals surface area contributed by atoms with E-state index in [4.69, 9.17) is 4.74 Å². The molecule has 2 N–H and O–H groups in total. The van der Waals surface area contributed by atoms with Crippen LogP contribution in [0.4, 0.5) is 4.39 Å². The number of hydrogen-bond acceptors (Lipinski definition) is 3. The largest absolute Gasteiger partial charge is 0.481 e. The first-order valence-corrected chi connectivity index (χ1v) is 6.65. The Morgan fingerprint density at radius 3 is 2.38 bits per heavy atom. The summed E-state index contributed by atoms with van der Waals surface area (Å²) in [6.45, 7) is 0.225. The molecule has 2 heterocycles. The van der Waals surface area contributed by atoms with Gasteiger partial charge in [-0.25, -0.2) is 4.39 Å². The Hall–Kier alpha value is -2.21. The summed E-state index contributed by atoms with van der Waals surface area (Å²) in [5.74, 6) is -3.31. The predicted octanol–water partition coefficient (Wildman–Crippen LogP) is 1.10. The van der Waals surface area contributed by atoms with Gasteiger partial charge in [-0.05, 0) is 17.7 Å². The highest BCUT2D eigenvalue weighted by Crippen LogP contribution is 2.39. The first-order valence-electron chi connectivity index (χ1n) is 6.65. The molecule has 1 fully saturated rings. The minimum atomic E-state index is -1.03. The molecule has 0 aliphatic carbocycles. The summed E-state index contributed by atoms with van der Waals surface area (Å²) in [5, 5.41) is 11.9. The highest BCUT2D eigenvalue weighted by atomic mass is 19.1. The van der Waals surface area contributed by atoms with Crippen molar-refractivity contribution < 1.29 is 23.8 Å². The van der Waals surface area contributed by atoms with E-state index < -0.39 is 30.0 Å². The third kappa shape index (κ3) is 2.54. The van der Waals surface area contributed by atoms with E-state index >= 15 is 0 Å². The van der Waals surface area contributed by atoms with Gasteiger partial charge in [-0.3, -0.25) is 9.59 Å². The number of ether oxygens (including phenoxy) is 1. The maximum absolute atomic E-state index is 12.8. The van der Waals surface area contributed by atoms with Gasteiger partial charge in [-0.15, -0.1) is 0 Å². The molecular weight excluding hydrogens is 277 g/mol. The molecule has 1 saturated heterocycles. The molecule has 0 spiro atoms. The summed E-state index contributed by atoms with van der Waals surface area (Å²) in [4.78, 5) is 23.5. The Labute approximate surface area is 120 Å². The van der Waals surface area contributed by atoms with Crippen LogP contribution in [-0.2, 0) is 20.9 Å². The molecule has 6 heteroatoms. The van der Waals surface area contributed by atoms with Crippen LogP contribution in [0.2, 0.25) is 0 Å². The molecule has 110 valence electrons. The first-order chi connectivity index (χ1) is 10.1. The fourth-order valence-electron chi connectivity index (χ4n) is 2.82. The van der Waals surface area contributed by atoms with Crippen molar-refractivity contribution in [1.29, 1.82) is 0 Å². The smallest absolute Gasteiger partial charge is 0.310 e. The van der Waals surface area contributed by atoms with Crippen LogP contribution in [0.25, 0.3) is 0 Å². The molecule has 0 aromatic heterocycles. The number of amides is 1. The zero-order chi connectivity index (χ0) is 15.0.